The lowest BCUT2D eigenvalue weighted by atomic mass is 9.96. The largest absolute Gasteiger partial charge is 0.392 e. The average Bonchev–Trinajstić information content (AvgIpc) is 2.27. The van der Waals surface area contributed by atoms with Crippen LogP contribution in [-0.2, 0) is 4.79 Å². The van der Waals surface area contributed by atoms with Crippen molar-refractivity contribution in [2.75, 3.05) is 32.7 Å². The van der Waals surface area contributed by atoms with Crippen molar-refractivity contribution in [3.63, 3.8) is 0 Å². The van der Waals surface area contributed by atoms with Gasteiger partial charge in [0.25, 0.3) is 0 Å². The second kappa shape index (κ2) is 6.31. The summed E-state index contributed by atoms with van der Waals surface area (Å²) in [5, 5.41) is 0. The molecule has 0 bridgehead atoms. The Hall–Kier alpha value is -0.680. The van der Waals surface area contributed by atoms with Crippen LogP contribution in [0.4, 0.5) is 0 Å². The summed E-state index contributed by atoms with van der Waals surface area (Å²) in [5.74, 6) is 0.782. The van der Waals surface area contributed by atoms with Gasteiger partial charge in [-0.1, -0.05) is 33.0 Å². The van der Waals surface area contributed by atoms with E-state index in [0.29, 0.717) is 17.5 Å². The van der Waals surface area contributed by atoms with Crippen LogP contribution in [0.3, 0.4) is 0 Å². The molecule has 17 heavy (non-hydrogen) atoms. The SMILES string of the molecule is CC(C)C(C)C(=O)N1CCN(CC(N)=S)CC1. The average molecular weight is 257 g/mol. The molecule has 4 nitrogen and oxygen atoms in total. The minimum absolute atomic E-state index is 0.108. The zero-order valence-corrected chi connectivity index (χ0v) is 11.8. The number of amides is 1. The molecular weight excluding hydrogens is 234 g/mol. The Kier molecular flexibility index (Phi) is 5.33. The summed E-state index contributed by atoms with van der Waals surface area (Å²) in [6, 6.07) is 0. The maximum atomic E-state index is 12.1. The molecule has 1 aliphatic rings. The zero-order chi connectivity index (χ0) is 13.0. The third kappa shape index (κ3) is 4.24. The lowest BCUT2D eigenvalue weighted by molar-refractivity contribution is -0.138. The number of nitrogens with two attached hydrogens (primary N) is 1. The van der Waals surface area contributed by atoms with Gasteiger partial charge in [0, 0.05) is 38.6 Å². The zero-order valence-electron chi connectivity index (χ0n) is 11.0. The van der Waals surface area contributed by atoms with Crippen LogP contribution < -0.4 is 5.73 Å². The van der Waals surface area contributed by atoms with E-state index in [0.717, 1.165) is 26.2 Å². The first-order valence-corrected chi connectivity index (χ1v) is 6.62. The third-order valence-electron chi connectivity index (χ3n) is 3.45. The first-order valence-electron chi connectivity index (χ1n) is 6.21. The highest BCUT2D eigenvalue weighted by atomic mass is 32.1. The quantitative estimate of drug-likeness (QED) is 0.754. The summed E-state index contributed by atoms with van der Waals surface area (Å²) in [5.41, 5.74) is 5.51. The minimum Gasteiger partial charge on any atom is -0.392 e. The number of carbonyl (C=O) groups excluding carboxylic acids is 1. The maximum absolute atomic E-state index is 12.1. The van der Waals surface area contributed by atoms with E-state index in [1.54, 1.807) is 0 Å². The normalized spacial score (nSPS) is 19.4. The highest BCUT2D eigenvalue weighted by Crippen LogP contribution is 2.14. The Morgan fingerprint density at radius 2 is 1.76 bits per heavy atom. The van der Waals surface area contributed by atoms with Crippen molar-refractivity contribution in [3.05, 3.63) is 0 Å². The van der Waals surface area contributed by atoms with E-state index in [2.05, 4.69) is 18.7 Å². The first kappa shape index (κ1) is 14.4. The topological polar surface area (TPSA) is 49.6 Å². The molecule has 1 unspecified atom stereocenters. The fourth-order valence-electron chi connectivity index (χ4n) is 1.92. The summed E-state index contributed by atoms with van der Waals surface area (Å²) < 4.78 is 0. The van der Waals surface area contributed by atoms with Crippen LogP contribution in [0.2, 0.25) is 0 Å². The fourth-order valence-corrected chi connectivity index (χ4v) is 2.10. The number of rotatable bonds is 4. The Morgan fingerprint density at radius 1 is 1.24 bits per heavy atom. The van der Waals surface area contributed by atoms with Crippen LogP contribution in [-0.4, -0.2) is 53.4 Å². The monoisotopic (exact) mass is 257 g/mol. The molecule has 0 aromatic rings. The molecule has 5 heteroatoms. The molecule has 1 aliphatic heterocycles. The van der Waals surface area contributed by atoms with Crippen molar-refractivity contribution in [1.29, 1.82) is 0 Å². The van der Waals surface area contributed by atoms with Gasteiger partial charge in [-0.25, -0.2) is 0 Å². The predicted molar refractivity (Wildman–Crippen MR) is 73.8 cm³/mol. The second-order valence-corrected chi connectivity index (χ2v) is 5.62. The van der Waals surface area contributed by atoms with Crippen molar-refractivity contribution in [2.45, 2.75) is 20.8 Å². The Morgan fingerprint density at radius 3 is 2.18 bits per heavy atom. The van der Waals surface area contributed by atoms with Gasteiger partial charge in [0.05, 0.1) is 4.99 Å². The molecule has 0 aromatic heterocycles. The van der Waals surface area contributed by atoms with E-state index in [1.165, 1.54) is 0 Å². The smallest absolute Gasteiger partial charge is 0.225 e. The molecule has 0 spiro atoms. The molecule has 1 amide bonds. The number of nitrogens with zero attached hydrogens (tertiary/aromatic N) is 2. The fraction of sp³-hybridized carbons (Fsp3) is 0.833. The third-order valence-corrected chi connectivity index (χ3v) is 3.58. The molecule has 1 heterocycles. The van der Waals surface area contributed by atoms with E-state index in [4.69, 9.17) is 18.0 Å². The molecule has 1 rings (SSSR count). The molecule has 98 valence electrons. The van der Waals surface area contributed by atoms with E-state index >= 15 is 0 Å². The Balaban J connectivity index is 2.41. The maximum Gasteiger partial charge on any atom is 0.225 e. The van der Waals surface area contributed by atoms with Gasteiger partial charge < -0.3 is 10.6 Å². The summed E-state index contributed by atoms with van der Waals surface area (Å²) >= 11 is 4.89. The van der Waals surface area contributed by atoms with Gasteiger partial charge in [0.15, 0.2) is 0 Å². The molecule has 1 fully saturated rings. The molecule has 1 saturated heterocycles. The number of piperazine rings is 1. The Bertz CT molecular complexity index is 285. The first-order chi connectivity index (χ1) is 7.91. The van der Waals surface area contributed by atoms with Gasteiger partial charge in [-0.05, 0) is 5.92 Å². The van der Waals surface area contributed by atoms with Crippen LogP contribution in [0.5, 0.6) is 0 Å². The number of carbonyl (C=O) groups is 1. The summed E-state index contributed by atoms with van der Waals surface area (Å²) in [4.78, 5) is 16.8. The minimum atomic E-state index is 0.108. The molecule has 0 aromatic carbocycles. The van der Waals surface area contributed by atoms with Gasteiger partial charge in [0.1, 0.15) is 0 Å². The summed E-state index contributed by atoms with van der Waals surface area (Å²) in [7, 11) is 0. The molecule has 0 aliphatic carbocycles. The highest BCUT2D eigenvalue weighted by molar-refractivity contribution is 7.80. The number of hydrogen-bond donors (Lipinski definition) is 1. The van der Waals surface area contributed by atoms with E-state index < -0.39 is 0 Å². The van der Waals surface area contributed by atoms with Gasteiger partial charge in [-0.3, -0.25) is 9.69 Å². The van der Waals surface area contributed by atoms with Crippen LogP contribution in [0.1, 0.15) is 20.8 Å². The van der Waals surface area contributed by atoms with Crippen LogP contribution in [0, 0.1) is 11.8 Å². The predicted octanol–water partition coefficient (Wildman–Crippen LogP) is 0.709. The Labute approximate surface area is 109 Å². The van der Waals surface area contributed by atoms with Gasteiger partial charge in [0.2, 0.25) is 5.91 Å². The standard InChI is InChI=1S/C12H23N3OS/c1-9(2)10(3)12(16)15-6-4-14(5-7-15)8-11(13)17/h9-10H,4-8H2,1-3H3,(H2,13,17). The lowest BCUT2D eigenvalue weighted by Crippen LogP contribution is -2.51. The molecule has 0 saturated carbocycles. The van der Waals surface area contributed by atoms with Crippen LogP contribution >= 0.6 is 12.2 Å². The molecule has 2 N–H and O–H groups in total. The van der Waals surface area contributed by atoms with Crippen molar-refractivity contribution in [3.8, 4) is 0 Å². The molecule has 0 radical (unpaired) electrons. The number of thiocarbonyl (C=S) groups is 1. The van der Waals surface area contributed by atoms with Crippen molar-refractivity contribution >= 4 is 23.1 Å². The van der Waals surface area contributed by atoms with Crippen molar-refractivity contribution in [2.24, 2.45) is 17.6 Å². The van der Waals surface area contributed by atoms with Crippen LogP contribution in [0.15, 0.2) is 0 Å². The summed E-state index contributed by atoms with van der Waals surface area (Å²) in [6.45, 7) is 10.2. The van der Waals surface area contributed by atoms with Crippen molar-refractivity contribution < 1.29 is 4.79 Å². The van der Waals surface area contributed by atoms with Crippen molar-refractivity contribution in [1.82, 2.24) is 9.80 Å². The van der Waals surface area contributed by atoms with Gasteiger partial charge in [-0.2, -0.15) is 0 Å². The second-order valence-electron chi connectivity index (χ2n) is 5.10. The van der Waals surface area contributed by atoms with Crippen LogP contribution in [0.25, 0.3) is 0 Å². The highest BCUT2D eigenvalue weighted by Gasteiger charge is 2.26. The van der Waals surface area contributed by atoms with E-state index in [9.17, 15) is 4.79 Å². The molecule has 1 atom stereocenters. The number of hydrogen-bond acceptors (Lipinski definition) is 3. The van der Waals surface area contributed by atoms with Gasteiger partial charge >= 0.3 is 0 Å². The lowest BCUT2D eigenvalue weighted by Gasteiger charge is -2.36. The molecular formula is C12H23N3OS. The summed E-state index contributed by atoms with van der Waals surface area (Å²) in [6.07, 6.45) is 0. The van der Waals surface area contributed by atoms with Gasteiger partial charge in [-0.15, -0.1) is 0 Å². The van der Waals surface area contributed by atoms with E-state index in [1.807, 2.05) is 11.8 Å². The van der Waals surface area contributed by atoms with E-state index in [-0.39, 0.29) is 11.8 Å².